The number of aryl methyl sites for hydroxylation is 1. The van der Waals surface area contributed by atoms with E-state index in [4.69, 9.17) is 9.84 Å². The topological polar surface area (TPSA) is 62.5 Å². The van der Waals surface area contributed by atoms with Crippen LogP contribution in [0.15, 0.2) is 0 Å². The zero-order chi connectivity index (χ0) is 15.9. The number of ether oxygens (including phenoxy) is 1. The maximum atomic E-state index is 9.07. The fourth-order valence-electron chi connectivity index (χ4n) is 2.88. The third-order valence-electron chi connectivity index (χ3n) is 4.45. The fourth-order valence-corrected chi connectivity index (χ4v) is 2.88. The number of nitrogens with one attached hydrogen (secondary N) is 1. The first kappa shape index (κ1) is 17.4. The van der Waals surface area contributed by atoms with Gasteiger partial charge in [-0.25, -0.2) is 0 Å². The van der Waals surface area contributed by atoms with Crippen LogP contribution in [0.2, 0.25) is 0 Å². The maximum absolute atomic E-state index is 9.07. The van der Waals surface area contributed by atoms with Gasteiger partial charge in [0, 0.05) is 36.9 Å². The number of aliphatic hydroxyl groups excluding tert-OH is 1. The van der Waals surface area contributed by atoms with Gasteiger partial charge in [0.25, 0.3) is 0 Å². The van der Waals surface area contributed by atoms with Gasteiger partial charge in [0.2, 0.25) is 0 Å². The van der Waals surface area contributed by atoms with Crippen LogP contribution < -0.4 is 5.32 Å². The van der Waals surface area contributed by atoms with Crippen molar-refractivity contribution in [2.75, 3.05) is 39.5 Å². The Bertz CT molecular complexity index is 455. The highest BCUT2D eigenvalue weighted by molar-refractivity contribution is 5.24. The highest BCUT2D eigenvalue weighted by Gasteiger charge is 2.14. The lowest BCUT2D eigenvalue weighted by molar-refractivity contribution is 0.0363. The lowest BCUT2D eigenvalue weighted by atomic mass is 10.1. The van der Waals surface area contributed by atoms with Crippen molar-refractivity contribution in [1.82, 2.24) is 20.0 Å². The van der Waals surface area contributed by atoms with Gasteiger partial charge in [0.15, 0.2) is 0 Å². The first-order valence-electron chi connectivity index (χ1n) is 8.29. The molecular formula is C16H30N4O2. The molecule has 2 heterocycles. The highest BCUT2D eigenvalue weighted by Crippen LogP contribution is 2.13. The molecule has 2 rings (SSSR count). The minimum absolute atomic E-state index is 0.130. The molecule has 0 spiro atoms. The second-order valence-corrected chi connectivity index (χ2v) is 6.12. The molecule has 1 aliphatic heterocycles. The monoisotopic (exact) mass is 310 g/mol. The Labute approximate surface area is 133 Å². The van der Waals surface area contributed by atoms with E-state index in [1.165, 1.54) is 5.56 Å². The third kappa shape index (κ3) is 4.78. The number of aliphatic hydroxyl groups is 1. The van der Waals surface area contributed by atoms with E-state index in [0.717, 1.165) is 57.2 Å². The molecular weight excluding hydrogens is 280 g/mol. The number of morpholine rings is 1. The number of hydrogen-bond donors (Lipinski definition) is 2. The summed E-state index contributed by atoms with van der Waals surface area (Å²) in [5.74, 6) is 0. The molecule has 126 valence electrons. The fraction of sp³-hybridized carbons (Fsp3) is 0.812. The van der Waals surface area contributed by atoms with E-state index in [9.17, 15) is 0 Å². The van der Waals surface area contributed by atoms with Crippen molar-refractivity contribution < 1.29 is 9.84 Å². The van der Waals surface area contributed by atoms with Gasteiger partial charge in [-0.1, -0.05) is 0 Å². The van der Waals surface area contributed by atoms with Crippen LogP contribution in [0.25, 0.3) is 0 Å². The highest BCUT2D eigenvalue weighted by atomic mass is 16.5. The normalized spacial score (nSPS) is 17.8. The van der Waals surface area contributed by atoms with Crippen LogP contribution in [0.4, 0.5) is 0 Å². The van der Waals surface area contributed by atoms with E-state index >= 15 is 0 Å². The Hall–Kier alpha value is -0.950. The van der Waals surface area contributed by atoms with Gasteiger partial charge in [-0.3, -0.25) is 9.58 Å². The summed E-state index contributed by atoms with van der Waals surface area (Å²) < 4.78 is 7.27. The Kier molecular flexibility index (Phi) is 6.82. The lowest BCUT2D eigenvalue weighted by Gasteiger charge is -2.27. The smallest absolute Gasteiger partial charge is 0.0644 e. The molecule has 22 heavy (non-hydrogen) atoms. The van der Waals surface area contributed by atoms with Gasteiger partial charge < -0.3 is 15.2 Å². The summed E-state index contributed by atoms with van der Waals surface area (Å²) in [6, 6.07) is 0.475. The summed E-state index contributed by atoms with van der Waals surface area (Å²) in [6.07, 6.45) is 1.14. The molecule has 2 N–H and O–H groups in total. The van der Waals surface area contributed by atoms with Crippen LogP contribution >= 0.6 is 0 Å². The number of hydrogen-bond acceptors (Lipinski definition) is 5. The van der Waals surface area contributed by atoms with Gasteiger partial charge in [-0.15, -0.1) is 0 Å². The molecule has 0 amide bonds. The van der Waals surface area contributed by atoms with Crippen LogP contribution in [0.3, 0.4) is 0 Å². The molecule has 0 saturated carbocycles. The van der Waals surface area contributed by atoms with Crippen LogP contribution in [-0.4, -0.2) is 65.3 Å². The predicted molar refractivity (Wildman–Crippen MR) is 87.0 cm³/mol. The van der Waals surface area contributed by atoms with E-state index in [1.54, 1.807) is 0 Å². The molecule has 0 radical (unpaired) electrons. The van der Waals surface area contributed by atoms with Gasteiger partial charge in [0.1, 0.15) is 0 Å². The summed E-state index contributed by atoms with van der Waals surface area (Å²) >= 11 is 0. The zero-order valence-corrected chi connectivity index (χ0v) is 14.1. The predicted octanol–water partition coefficient (Wildman–Crippen LogP) is 0.693. The van der Waals surface area contributed by atoms with Gasteiger partial charge >= 0.3 is 0 Å². The third-order valence-corrected chi connectivity index (χ3v) is 4.45. The van der Waals surface area contributed by atoms with Crippen LogP contribution in [0.1, 0.15) is 30.3 Å². The van der Waals surface area contributed by atoms with E-state index in [2.05, 4.69) is 29.2 Å². The van der Waals surface area contributed by atoms with Crippen molar-refractivity contribution in [3.63, 3.8) is 0 Å². The minimum atomic E-state index is 0.130. The number of rotatable bonds is 8. The average molecular weight is 310 g/mol. The molecule has 1 saturated heterocycles. The molecule has 1 aromatic heterocycles. The van der Waals surface area contributed by atoms with Crippen LogP contribution in [-0.2, 0) is 17.8 Å². The Morgan fingerprint density at radius 1 is 1.27 bits per heavy atom. The maximum Gasteiger partial charge on any atom is 0.0644 e. The van der Waals surface area contributed by atoms with Crippen molar-refractivity contribution in [2.24, 2.45) is 0 Å². The number of nitrogens with zero attached hydrogens (tertiary/aromatic N) is 3. The molecule has 1 atom stereocenters. The van der Waals surface area contributed by atoms with E-state index in [-0.39, 0.29) is 6.61 Å². The van der Waals surface area contributed by atoms with Crippen LogP contribution in [0, 0.1) is 13.8 Å². The Balaban J connectivity index is 1.77. The quantitative estimate of drug-likeness (QED) is 0.740. The minimum Gasteiger partial charge on any atom is -0.394 e. The van der Waals surface area contributed by atoms with Gasteiger partial charge in [-0.2, -0.15) is 5.10 Å². The van der Waals surface area contributed by atoms with E-state index in [1.807, 2.05) is 11.6 Å². The van der Waals surface area contributed by atoms with E-state index < -0.39 is 0 Å². The molecule has 6 nitrogen and oxygen atoms in total. The molecule has 1 fully saturated rings. The van der Waals surface area contributed by atoms with Crippen LogP contribution in [0.5, 0.6) is 0 Å². The standard InChI is InChI=1S/C16H30N4O2/c1-13(4-5-19-7-10-22-11-8-19)17-12-16-14(2)18-20(6-9-21)15(16)3/h13,17,21H,4-12H2,1-3H3. The largest absolute Gasteiger partial charge is 0.394 e. The first-order chi connectivity index (χ1) is 10.6. The molecule has 0 aliphatic carbocycles. The summed E-state index contributed by atoms with van der Waals surface area (Å²) in [7, 11) is 0. The van der Waals surface area contributed by atoms with Gasteiger partial charge in [0.05, 0.1) is 32.1 Å². The van der Waals surface area contributed by atoms with Crippen molar-refractivity contribution in [3.8, 4) is 0 Å². The molecule has 6 heteroatoms. The zero-order valence-electron chi connectivity index (χ0n) is 14.1. The molecule has 0 aromatic carbocycles. The second kappa shape index (κ2) is 8.62. The average Bonchev–Trinajstić information content (AvgIpc) is 2.79. The summed E-state index contributed by atoms with van der Waals surface area (Å²) in [5.41, 5.74) is 3.46. The molecule has 1 aliphatic rings. The Morgan fingerprint density at radius 3 is 2.68 bits per heavy atom. The van der Waals surface area contributed by atoms with Crippen molar-refractivity contribution in [3.05, 3.63) is 17.0 Å². The van der Waals surface area contributed by atoms with E-state index in [0.29, 0.717) is 12.6 Å². The summed E-state index contributed by atoms with van der Waals surface area (Å²) in [4.78, 5) is 2.47. The van der Waals surface area contributed by atoms with Gasteiger partial charge in [-0.05, 0) is 33.7 Å². The SMILES string of the molecule is Cc1nn(CCO)c(C)c1CNC(C)CCN1CCOCC1. The van der Waals surface area contributed by atoms with Crippen molar-refractivity contribution in [2.45, 2.75) is 46.3 Å². The van der Waals surface area contributed by atoms with Crippen molar-refractivity contribution in [1.29, 1.82) is 0 Å². The first-order valence-corrected chi connectivity index (χ1v) is 8.29. The number of aromatic nitrogens is 2. The lowest BCUT2D eigenvalue weighted by Crippen LogP contribution is -2.39. The second-order valence-electron chi connectivity index (χ2n) is 6.12. The summed E-state index contributed by atoms with van der Waals surface area (Å²) in [5, 5.41) is 17.2. The Morgan fingerprint density at radius 2 is 2.00 bits per heavy atom. The summed E-state index contributed by atoms with van der Waals surface area (Å²) in [6.45, 7) is 12.9. The van der Waals surface area contributed by atoms with Crippen molar-refractivity contribution >= 4 is 0 Å². The molecule has 0 bridgehead atoms. The molecule has 1 aromatic rings. The molecule has 1 unspecified atom stereocenters.